The highest BCUT2D eigenvalue weighted by atomic mass is 32.2. The number of anilines is 1. The highest BCUT2D eigenvalue weighted by Crippen LogP contribution is 2.28. The summed E-state index contributed by atoms with van der Waals surface area (Å²) in [4.78, 5) is 29.3. The van der Waals surface area contributed by atoms with Gasteiger partial charge in [0.1, 0.15) is 17.5 Å². The fraction of sp³-hybridized carbons (Fsp3) is 0.310. The molecule has 1 aromatic carbocycles. The molecule has 1 fully saturated rings. The molecule has 2 unspecified atom stereocenters. The number of thioether (sulfide) groups is 1. The van der Waals surface area contributed by atoms with Crippen LogP contribution in [0.2, 0.25) is 0 Å². The maximum absolute atomic E-state index is 14.7. The van der Waals surface area contributed by atoms with E-state index in [1.807, 2.05) is 18.4 Å². The number of benzene rings is 1. The van der Waals surface area contributed by atoms with E-state index in [0.29, 0.717) is 45.1 Å². The molecule has 196 valence electrons. The first-order valence-corrected chi connectivity index (χ1v) is 13.8. The van der Waals surface area contributed by atoms with E-state index in [-0.39, 0.29) is 23.8 Å². The Morgan fingerprint density at radius 1 is 1.00 bits per heavy atom. The summed E-state index contributed by atoms with van der Waals surface area (Å²) >= 11 is 1.37. The van der Waals surface area contributed by atoms with E-state index in [1.54, 1.807) is 18.3 Å². The van der Waals surface area contributed by atoms with Crippen molar-refractivity contribution in [3.63, 3.8) is 0 Å². The molecule has 2 atom stereocenters. The summed E-state index contributed by atoms with van der Waals surface area (Å²) in [5.41, 5.74) is 2.53. The first-order valence-electron chi connectivity index (χ1n) is 12.6. The second-order valence-electron chi connectivity index (χ2n) is 10.0. The van der Waals surface area contributed by atoms with Crippen molar-refractivity contribution >= 4 is 34.4 Å². The molecule has 5 rings (SSSR count). The lowest BCUT2D eigenvalue weighted by atomic mass is 9.92. The predicted octanol–water partition coefficient (Wildman–Crippen LogP) is 6.10. The second-order valence-corrected chi connectivity index (χ2v) is 10.9. The van der Waals surface area contributed by atoms with Gasteiger partial charge in [0.25, 0.3) is 5.91 Å². The van der Waals surface area contributed by atoms with Gasteiger partial charge in [-0.05, 0) is 60.9 Å². The summed E-state index contributed by atoms with van der Waals surface area (Å²) < 4.78 is 28.5. The Balaban J connectivity index is 1.37. The van der Waals surface area contributed by atoms with E-state index >= 15 is 0 Å². The SMILES string of the molecule is CSc1cc(F)cc(C(=O)NCc2cc3nc(-c4cc(F)cc(N5CC(C)CC(C)C5)n4)ccc3cn2)c1. The summed E-state index contributed by atoms with van der Waals surface area (Å²) in [5, 5.41) is 3.60. The Morgan fingerprint density at radius 2 is 1.76 bits per heavy atom. The average molecular weight is 534 g/mol. The molecule has 38 heavy (non-hydrogen) atoms. The number of piperidine rings is 1. The minimum Gasteiger partial charge on any atom is -0.356 e. The molecule has 0 saturated carbocycles. The zero-order valence-corrected chi connectivity index (χ0v) is 22.4. The molecule has 1 aliphatic rings. The lowest BCUT2D eigenvalue weighted by molar-refractivity contribution is 0.0949. The van der Waals surface area contributed by atoms with Gasteiger partial charge in [0.2, 0.25) is 0 Å². The molecule has 0 bridgehead atoms. The van der Waals surface area contributed by atoms with Gasteiger partial charge in [-0.1, -0.05) is 13.8 Å². The predicted molar refractivity (Wildman–Crippen MR) is 147 cm³/mol. The number of halogens is 2. The standard InChI is InChI=1S/C29H29F2N5OS/c1-17-6-18(2)16-36(15-17)28-11-22(31)10-27(35-28)25-5-4-19-13-32-23(12-26(19)34-25)14-33-29(37)20-7-21(30)9-24(8-20)38-3/h4-5,7-13,17-18H,6,14-16H2,1-3H3,(H,33,37). The molecular weight excluding hydrogens is 504 g/mol. The number of fused-ring (bicyclic) bond motifs is 1. The number of nitrogens with one attached hydrogen (secondary N) is 1. The van der Waals surface area contributed by atoms with Crippen molar-refractivity contribution in [2.45, 2.75) is 31.7 Å². The molecule has 1 N–H and O–H groups in total. The van der Waals surface area contributed by atoms with Crippen molar-refractivity contribution < 1.29 is 13.6 Å². The van der Waals surface area contributed by atoms with E-state index in [1.165, 1.54) is 36.0 Å². The fourth-order valence-corrected chi connectivity index (χ4v) is 5.48. The average Bonchev–Trinajstić information content (AvgIpc) is 2.90. The number of carbonyl (C=O) groups excluding carboxylic acids is 1. The molecule has 3 aromatic heterocycles. The molecule has 6 nitrogen and oxygen atoms in total. The van der Waals surface area contributed by atoms with Crippen molar-refractivity contribution in [2.24, 2.45) is 11.8 Å². The van der Waals surface area contributed by atoms with Gasteiger partial charge in [0.15, 0.2) is 0 Å². The van der Waals surface area contributed by atoms with Crippen LogP contribution in [0.15, 0.2) is 59.6 Å². The largest absolute Gasteiger partial charge is 0.356 e. The van der Waals surface area contributed by atoms with Crippen LogP contribution in [-0.4, -0.2) is 40.2 Å². The Hall–Kier alpha value is -3.59. The van der Waals surface area contributed by atoms with Crippen molar-refractivity contribution in [1.29, 1.82) is 0 Å². The Labute approximate surface area is 224 Å². The zero-order chi connectivity index (χ0) is 26.8. The van der Waals surface area contributed by atoms with Gasteiger partial charge in [0, 0.05) is 47.3 Å². The number of carbonyl (C=O) groups is 1. The number of rotatable bonds is 6. The van der Waals surface area contributed by atoms with Crippen LogP contribution in [0, 0.1) is 23.5 Å². The van der Waals surface area contributed by atoms with Crippen molar-refractivity contribution in [3.8, 4) is 11.4 Å². The molecule has 1 saturated heterocycles. The summed E-state index contributed by atoms with van der Waals surface area (Å²) in [7, 11) is 0. The first-order chi connectivity index (χ1) is 18.3. The molecule has 0 radical (unpaired) electrons. The highest BCUT2D eigenvalue weighted by Gasteiger charge is 2.23. The van der Waals surface area contributed by atoms with Gasteiger partial charge in [0.05, 0.1) is 29.1 Å². The molecule has 0 spiro atoms. The number of aromatic nitrogens is 3. The van der Waals surface area contributed by atoms with Crippen LogP contribution in [0.4, 0.5) is 14.6 Å². The molecule has 1 aliphatic heterocycles. The number of nitrogens with zero attached hydrogens (tertiary/aromatic N) is 4. The lowest BCUT2D eigenvalue weighted by Crippen LogP contribution is -2.39. The summed E-state index contributed by atoms with van der Waals surface area (Å²) in [6.45, 7) is 6.27. The monoisotopic (exact) mass is 533 g/mol. The maximum Gasteiger partial charge on any atom is 0.251 e. The first kappa shape index (κ1) is 26.0. The zero-order valence-electron chi connectivity index (χ0n) is 21.5. The van der Waals surface area contributed by atoms with E-state index in [4.69, 9.17) is 9.97 Å². The lowest BCUT2D eigenvalue weighted by Gasteiger charge is -2.36. The summed E-state index contributed by atoms with van der Waals surface area (Å²) in [6, 6.07) is 12.6. The minimum atomic E-state index is -0.457. The molecule has 4 heterocycles. The third-order valence-corrected chi connectivity index (χ3v) is 7.37. The Bertz CT molecular complexity index is 1490. The van der Waals surface area contributed by atoms with Gasteiger partial charge in [-0.2, -0.15) is 0 Å². The number of amides is 1. The number of hydrogen-bond acceptors (Lipinski definition) is 6. The van der Waals surface area contributed by atoms with Crippen LogP contribution < -0.4 is 10.2 Å². The number of pyridine rings is 3. The van der Waals surface area contributed by atoms with Gasteiger partial charge in [-0.3, -0.25) is 9.78 Å². The second kappa shape index (κ2) is 11.0. The molecule has 1 amide bonds. The maximum atomic E-state index is 14.7. The van der Waals surface area contributed by atoms with Gasteiger partial charge >= 0.3 is 0 Å². The smallest absolute Gasteiger partial charge is 0.251 e. The highest BCUT2D eigenvalue weighted by molar-refractivity contribution is 7.98. The van der Waals surface area contributed by atoms with E-state index in [2.05, 4.69) is 29.0 Å². The van der Waals surface area contributed by atoms with Gasteiger partial charge in [-0.15, -0.1) is 11.8 Å². The fourth-order valence-electron chi connectivity index (χ4n) is 5.01. The van der Waals surface area contributed by atoms with E-state index < -0.39 is 5.82 Å². The van der Waals surface area contributed by atoms with Crippen LogP contribution in [0.3, 0.4) is 0 Å². The molecule has 4 aromatic rings. The molecular formula is C29H29F2N5OS. The van der Waals surface area contributed by atoms with E-state index in [0.717, 1.165) is 24.9 Å². The van der Waals surface area contributed by atoms with Crippen molar-refractivity contribution in [3.05, 3.63) is 77.6 Å². The van der Waals surface area contributed by atoms with Gasteiger partial charge < -0.3 is 10.2 Å². The Kier molecular flexibility index (Phi) is 7.56. The summed E-state index contributed by atoms with van der Waals surface area (Å²) in [5.74, 6) is 0.470. The minimum absolute atomic E-state index is 0.152. The van der Waals surface area contributed by atoms with Crippen LogP contribution in [0.25, 0.3) is 22.3 Å². The van der Waals surface area contributed by atoms with Crippen LogP contribution in [0.5, 0.6) is 0 Å². The molecule has 0 aliphatic carbocycles. The summed E-state index contributed by atoms with van der Waals surface area (Å²) in [6.07, 6.45) is 4.66. The third kappa shape index (κ3) is 5.93. The van der Waals surface area contributed by atoms with Crippen LogP contribution >= 0.6 is 11.8 Å². The van der Waals surface area contributed by atoms with Crippen LogP contribution in [-0.2, 0) is 6.54 Å². The van der Waals surface area contributed by atoms with Crippen molar-refractivity contribution in [2.75, 3.05) is 24.2 Å². The topological polar surface area (TPSA) is 71.0 Å². The molecule has 9 heteroatoms. The van der Waals surface area contributed by atoms with Gasteiger partial charge in [-0.25, -0.2) is 18.7 Å². The quantitative estimate of drug-likeness (QED) is 0.302. The number of hydrogen-bond donors (Lipinski definition) is 1. The normalized spacial score (nSPS) is 17.6. The third-order valence-electron chi connectivity index (χ3n) is 6.66. The van der Waals surface area contributed by atoms with Crippen LogP contribution in [0.1, 0.15) is 36.3 Å². The Morgan fingerprint density at radius 3 is 2.53 bits per heavy atom. The van der Waals surface area contributed by atoms with Crippen molar-refractivity contribution in [1.82, 2.24) is 20.3 Å². The van der Waals surface area contributed by atoms with E-state index in [9.17, 15) is 13.6 Å².